The topological polar surface area (TPSA) is 54.9 Å². The number of amides is 1. The second-order valence-corrected chi connectivity index (χ2v) is 6.96. The van der Waals surface area contributed by atoms with E-state index in [1.165, 1.54) is 0 Å². The van der Waals surface area contributed by atoms with Gasteiger partial charge in [-0.15, -0.1) is 23.7 Å². The fourth-order valence-electron chi connectivity index (χ4n) is 2.93. The molecule has 1 amide bonds. The predicted octanol–water partition coefficient (Wildman–Crippen LogP) is 2.85. The number of thiazole rings is 1. The van der Waals surface area contributed by atoms with Crippen molar-refractivity contribution in [1.29, 1.82) is 0 Å². The number of benzene rings is 1. The maximum Gasteiger partial charge on any atom is 0.254 e. The van der Waals surface area contributed by atoms with E-state index < -0.39 is 0 Å². The van der Waals surface area contributed by atoms with E-state index in [2.05, 4.69) is 15.3 Å². The minimum absolute atomic E-state index is 0. The normalized spacial score (nSPS) is 14.7. The molecule has 1 aromatic heterocycles. The first-order valence-electron chi connectivity index (χ1n) is 8.25. The van der Waals surface area contributed by atoms with Crippen molar-refractivity contribution < 1.29 is 14.3 Å². The zero-order valence-corrected chi connectivity index (χ0v) is 16.9. The summed E-state index contributed by atoms with van der Waals surface area (Å²) < 4.78 is 10.5. The van der Waals surface area contributed by atoms with Crippen LogP contribution in [0.25, 0.3) is 0 Å². The molecule has 0 spiro atoms. The van der Waals surface area contributed by atoms with Crippen molar-refractivity contribution >= 4 is 29.7 Å². The highest BCUT2D eigenvalue weighted by molar-refractivity contribution is 7.09. The number of aromatic nitrogens is 1. The number of aryl methyl sites for hydroxylation is 1. The maximum absolute atomic E-state index is 12.7. The van der Waals surface area contributed by atoms with Gasteiger partial charge in [0.2, 0.25) is 0 Å². The Balaban J connectivity index is 0.00000243. The van der Waals surface area contributed by atoms with Gasteiger partial charge in [0.05, 0.1) is 20.8 Å². The molecule has 1 aromatic carbocycles. The number of piperazine rings is 1. The summed E-state index contributed by atoms with van der Waals surface area (Å²) in [4.78, 5) is 21.5. The molecular weight excluding hydrogens is 374 g/mol. The molecule has 1 saturated heterocycles. The third kappa shape index (κ3) is 4.66. The highest BCUT2D eigenvalue weighted by atomic mass is 35.5. The van der Waals surface area contributed by atoms with Crippen LogP contribution in [0.15, 0.2) is 23.6 Å². The van der Waals surface area contributed by atoms with Crippen molar-refractivity contribution in [3.63, 3.8) is 0 Å². The number of rotatable bonds is 5. The summed E-state index contributed by atoms with van der Waals surface area (Å²) in [6.07, 6.45) is 0. The minimum atomic E-state index is 0. The molecule has 1 aliphatic heterocycles. The second-order valence-electron chi connectivity index (χ2n) is 6.02. The first-order chi connectivity index (χ1) is 12.1. The molecule has 0 aliphatic carbocycles. The van der Waals surface area contributed by atoms with Gasteiger partial charge in [-0.2, -0.15) is 0 Å². The smallest absolute Gasteiger partial charge is 0.254 e. The molecule has 0 bridgehead atoms. The maximum atomic E-state index is 12.7. The van der Waals surface area contributed by atoms with Gasteiger partial charge in [0.15, 0.2) is 11.5 Å². The Labute approximate surface area is 164 Å². The first-order valence-corrected chi connectivity index (χ1v) is 9.13. The molecule has 0 N–H and O–H groups in total. The molecular formula is C18H24ClN3O3S. The number of hydrogen-bond acceptors (Lipinski definition) is 6. The SMILES string of the molecule is COc1ccc(C(=O)N2CCN(Cc3nc(C)cs3)CC2)cc1OC.Cl. The third-order valence-electron chi connectivity index (χ3n) is 4.32. The number of nitrogens with zero attached hydrogens (tertiary/aromatic N) is 3. The first kappa shape index (κ1) is 20.5. The van der Waals surface area contributed by atoms with Crippen LogP contribution in [0.2, 0.25) is 0 Å². The molecule has 8 heteroatoms. The monoisotopic (exact) mass is 397 g/mol. The molecule has 1 fully saturated rings. The molecule has 2 aromatic rings. The van der Waals surface area contributed by atoms with Crippen molar-refractivity contribution in [3.8, 4) is 11.5 Å². The molecule has 142 valence electrons. The summed E-state index contributed by atoms with van der Waals surface area (Å²) in [6.45, 7) is 6.03. The van der Waals surface area contributed by atoms with Crippen molar-refractivity contribution in [1.82, 2.24) is 14.8 Å². The predicted molar refractivity (Wildman–Crippen MR) is 105 cm³/mol. The van der Waals surface area contributed by atoms with Crippen LogP contribution in [-0.4, -0.2) is 61.1 Å². The zero-order chi connectivity index (χ0) is 17.8. The van der Waals surface area contributed by atoms with Gasteiger partial charge in [-0.25, -0.2) is 4.98 Å². The Bertz CT molecular complexity index is 745. The molecule has 3 rings (SSSR count). The highest BCUT2D eigenvalue weighted by Gasteiger charge is 2.23. The van der Waals surface area contributed by atoms with Crippen LogP contribution >= 0.6 is 23.7 Å². The fourth-order valence-corrected chi connectivity index (χ4v) is 3.74. The van der Waals surface area contributed by atoms with Gasteiger partial charge in [-0.3, -0.25) is 9.69 Å². The Hall–Kier alpha value is -1.83. The lowest BCUT2D eigenvalue weighted by Gasteiger charge is -2.34. The number of carbonyl (C=O) groups excluding carboxylic acids is 1. The number of ether oxygens (including phenoxy) is 2. The largest absolute Gasteiger partial charge is 0.493 e. The van der Waals surface area contributed by atoms with E-state index >= 15 is 0 Å². The van der Waals surface area contributed by atoms with Crippen molar-refractivity contribution in [3.05, 3.63) is 39.8 Å². The lowest BCUT2D eigenvalue weighted by Crippen LogP contribution is -2.48. The second kappa shape index (κ2) is 9.21. The summed E-state index contributed by atoms with van der Waals surface area (Å²) in [5.41, 5.74) is 1.70. The molecule has 1 aliphatic rings. The standard InChI is InChI=1S/C18H23N3O3S.ClH/c1-13-12-25-17(19-13)11-20-6-8-21(9-7-20)18(22)14-4-5-15(23-2)16(10-14)24-3;/h4-5,10,12H,6-9,11H2,1-3H3;1H. The van der Waals surface area contributed by atoms with E-state index in [-0.39, 0.29) is 18.3 Å². The number of halogens is 1. The van der Waals surface area contributed by atoms with E-state index in [1.807, 2.05) is 11.8 Å². The van der Waals surface area contributed by atoms with Gasteiger partial charge in [0.1, 0.15) is 5.01 Å². The summed E-state index contributed by atoms with van der Waals surface area (Å²) in [5, 5.41) is 3.21. The van der Waals surface area contributed by atoms with Crippen LogP contribution in [-0.2, 0) is 6.54 Å². The van der Waals surface area contributed by atoms with E-state index in [9.17, 15) is 4.79 Å². The van der Waals surface area contributed by atoms with Crippen LogP contribution in [0.3, 0.4) is 0 Å². The number of methoxy groups -OCH3 is 2. The average Bonchev–Trinajstić information content (AvgIpc) is 3.06. The van der Waals surface area contributed by atoms with Gasteiger partial charge in [0.25, 0.3) is 5.91 Å². The van der Waals surface area contributed by atoms with E-state index in [0.717, 1.165) is 43.4 Å². The minimum Gasteiger partial charge on any atom is -0.493 e. The van der Waals surface area contributed by atoms with Gasteiger partial charge in [-0.1, -0.05) is 0 Å². The lowest BCUT2D eigenvalue weighted by atomic mass is 10.1. The summed E-state index contributed by atoms with van der Waals surface area (Å²) in [7, 11) is 3.16. The van der Waals surface area contributed by atoms with E-state index in [0.29, 0.717) is 17.1 Å². The molecule has 0 radical (unpaired) electrons. The molecule has 0 atom stereocenters. The molecule has 0 unspecified atom stereocenters. The van der Waals surface area contributed by atoms with Crippen LogP contribution in [0.1, 0.15) is 21.1 Å². The van der Waals surface area contributed by atoms with E-state index in [4.69, 9.17) is 9.47 Å². The number of hydrogen-bond donors (Lipinski definition) is 0. The van der Waals surface area contributed by atoms with E-state index in [1.54, 1.807) is 43.8 Å². The average molecular weight is 398 g/mol. The van der Waals surface area contributed by atoms with Crippen LogP contribution in [0.4, 0.5) is 0 Å². The fraction of sp³-hybridized carbons (Fsp3) is 0.444. The Morgan fingerprint density at radius 2 is 1.85 bits per heavy atom. The number of carbonyl (C=O) groups is 1. The van der Waals surface area contributed by atoms with Gasteiger partial charge >= 0.3 is 0 Å². The third-order valence-corrected chi connectivity index (χ3v) is 5.27. The summed E-state index contributed by atoms with van der Waals surface area (Å²) in [5.74, 6) is 1.24. The Morgan fingerprint density at radius 3 is 2.42 bits per heavy atom. The van der Waals surface area contributed by atoms with Crippen molar-refractivity contribution in [2.24, 2.45) is 0 Å². The zero-order valence-electron chi connectivity index (χ0n) is 15.2. The van der Waals surface area contributed by atoms with Crippen LogP contribution < -0.4 is 9.47 Å². The van der Waals surface area contributed by atoms with Gasteiger partial charge < -0.3 is 14.4 Å². The Kier molecular flexibility index (Phi) is 7.25. The summed E-state index contributed by atoms with van der Waals surface area (Å²) in [6, 6.07) is 5.30. The molecule has 26 heavy (non-hydrogen) atoms. The van der Waals surface area contributed by atoms with Crippen LogP contribution in [0.5, 0.6) is 11.5 Å². The van der Waals surface area contributed by atoms with Crippen molar-refractivity contribution in [2.75, 3.05) is 40.4 Å². The van der Waals surface area contributed by atoms with Crippen LogP contribution in [0, 0.1) is 6.92 Å². The highest BCUT2D eigenvalue weighted by Crippen LogP contribution is 2.28. The quantitative estimate of drug-likeness (QED) is 0.776. The molecule has 0 saturated carbocycles. The molecule has 6 nitrogen and oxygen atoms in total. The van der Waals surface area contributed by atoms with Crippen molar-refractivity contribution in [2.45, 2.75) is 13.5 Å². The molecule has 2 heterocycles. The Morgan fingerprint density at radius 1 is 1.15 bits per heavy atom. The summed E-state index contributed by atoms with van der Waals surface area (Å²) >= 11 is 1.70. The van der Waals surface area contributed by atoms with Gasteiger partial charge in [-0.05, 0) is 25.1 Å². The van der Waals surface area contributed by atoms with Gasteiger partial charge in [0, 0.05) is 42.8 Å². The lowest BCUT2D eigenvalue weighted by molar-refractivity contribution is 0.0628.